The van der Waals surface area contributed by atoms with E-state index in [1.807, 2.05) is 6.92 Å². The smallest absolute Gasteiger partial charge is 0.480 e. The van der Waals surface area contributed by atoms with Crippen molar-refractivity contribution in [3.05, 3.63) is 23.8 Å². The summed E-state index contributed by atoms with van der Waals surface area (Å²) in [7, 11) is 0. The Hall–Kier alpha value is -3.14. The molecule has 220 valence electrons. The molecule has 0 aliphatic rings. The number of aliphatic carboxylic acids is 1. The van der Waals surface area contributed by atoms with E-state index in [1.165, 1.54) is 12.1 Å². The van der Waals surface area contributed by atoms with Crippen LogP contribution in [0.5, 0.6) is 11.5 Å². The lowest BCUT2D eigenvalue weighted by atomic mass is 9.79. The largest absolute Gasteiger partial charge is 0.508 e. The van der Waals surface area contributed by atoms with Crippen molar-refractivity contribution in [2.45, 2.75) is 99.6 Å². The van der Waals surface area contributed by atoms with Crippen LogP contribution in [-0.4, -0.2) is 47.9 Å². The average molecular weight is 552 g/mol. The minimum absolute atomic E-state index is 0.00605. The fourth-order valence-electron chi connectivity index (χ4n) is 3.49. The van der Waals surface area contributed by atoms with Gasteiger partial charge in [-0.15, -0.1) is 0 Å². The van der Waals surface area contributed by atoms with Gasteiger partial charge in [-0.05, 0) is 72.6 Å². The van der Waals surface area contributed by atoms with Crippen molar-refractivity contribution in [3.63, 3.8) is 0 Å². The molecule has 0 aliphatic carbocycles. The van der Waals surface area contributed by atoms with Crippen LogP contribution in [0.3, 0.4) is 0 Å². The second-order valence-electron chi connectivity index (χ2n) is 11.9. The van der Waals surface area contributed by atoms with Crippen molar-refractivity contribution in [2.75, 3.05) is 6.61 Å². The molecule has 39 heavy (non-hydrogen) atoms. The first kappa shape index (κ1) is 33.9. The number of carboxylic acid groups (broad SMARTS) is 1. The summed E-state index contributed by atoms with van der Waals surface area (Å²) in [5, 5.41) is 9.77. The van der Waals surface area contributed by atoms with Gasteiger partial charge >= 0.3 is 24.1 Å². The molecular formula is C29H45NO9. The van der Waals surface area contributed by atoms with Crippen molar-refractivity contribution in [2.24, 2.45) is 22.5 Å². The molecule has 0 aliphatic heterocycles. The SMILES string of the molecule is CCCCCOC(=O)OC(C)C(C)C(c1ccc(OC(=O)C(C)(C)C)c(OC(=O)C(C)(C)C)c1)[C@H](N)C(=O)O. The number of benzene rings is 1. The highest BCUT2D eigenvalue weighted by atomic mass is 16.7. The van der Waals surface area contributed by atoms with Crippen LogP contribution in [0.4, 0.5) is 4.79 Å². The van der Waals surface area contributed by atoms with E-state index in [9.17, 15) is 24.3 Å². The van der Waals surface area contributed by atoms with Gasteiger partial charge in [-0.2, -0.15) is 0 Å². The lowest BCUT2D eigenvalue weighted by Gasteiger charge is -2.31. The molecule has 0 amide bonds. The Labute approximate surface area is 231 Å². The molecule has 0 aromatic heterocycles. The number of ether oxygens (including phenoxy) is 4. The number of carbonyl (C=O) groups is 4. The fraction of sp³-hybridized carbons (Fsp3) is 0.655. The van der Waals surface area contributed by atoms with Crippen molar-refractivity contribution >= 4 is 24.1 Å². The highest BCUT2D eigenvalue weighted by molar-refractivity contribution is 5.81. The first-order chi connectivity index (χ1) is 17.9. The van der Waals surface area contributed by atoms with Gasteiger partial charge in [-0.3, -0.25) is 14.4 Å². The molecule has 1 rings (SSSR count). The zero-order chi connectivity index (χ0) is 30.1. The van der Waals surface area contributed by atoms with Gasteiger partial charge in [-0.1, -0.05) is 32.8 Å². The van der Waals surface area contributed by atoms with Crippen LogP contribution >= 0.6 is 0 Å². The van der Waals surface area contributed by atoms with E-state index in [0.29, 0.717) is 12.0 Å². The summed E-state index contributed by atoms with van der Waals surface area (Å²) in [5.41, 5.74) is 4.81. The van der Waals surface area contributed by atoms with Crippen LogP contribution in [0, 0.1) is 16.7 Å². The van der Waals surface area contributed by atoms with Crippen molar-refractivity contribution in [1.29, 1.82) is 0 Å². The van der Waals surface area contributed by atoms with Crippen LogP contribution in [0.25, 0.3) is 0 Å². The first-order valence-electron chi connectivity index (χ1n) is 13.3. The third kappa shape index (κ3) is 10.5. The van der Waals surface area contributed by atoms with E-state index in [1.54, 1.807) is 61.5 Å². The highest BCUT2D eigenvalue weighted by Gasteiger charge is 2.36. The van der Waals surface area contributed by atoms with Gasteiger partial charge in [0.25, 0.3) is 0 Å². The molecule has 10 heteroatoms. The van der Waals surface area contributed by atoms with Gasteiger partial charge in [-0.25, -0.2) is 4.79 Å². The van der Waals surface area contributed by atoms with Gasteiger partial charge in [0, 0.05) is 11.8 Å². The number of hydrogen-bond donors (Lipinski definition) is 2. The number of nitrogens with two attached hydrogens (primary N) is 1. The zero-order valence-corrected chi connectivity index (χ0v) is 24.7. The average Bonchev–Trinajstić information content (AvgIpc) is 2.81. The second kappa shape index (κ2) is 14.3. The lowest BCUT2D eigenvalue weighted by molar-refractivity contribution is -0.145. The molecule has 4 atom stereocenters. The minimum Gasteiger partial charge on any atom is -0.480 e. The Kier molecular flexibility index (Phi) is 12.4. The summed E-state index contributed by atoms with van der Waals surface area (Å²) in [6, 6.07) is 3.04. The Balaban J connectivity index is 3.41. The normalized spacial score (nSPS) is 14.9. The summed E-state index contributed by atoms with van der Waals surface area (Å²) in [6.07, 6.45) is 0.986. The molecule has 3 unspecified atom stereocenters. The Morgan fingerprint density at radius 2 is 1.44 bits per heavy atom. The molecule has 0 spiro atoms. The maximum absolute atomic E-state index is 12.7. The van der Waals surface area contributed by atoms with E-state index in [2.05, 4.69) is 0 Å². The highest BCUT2D eigenvalue weighted by Crippen LogP contribution is 2.38. The molecule has 1 aromatic rings. The van der Waals surface area contributed by atoms with Crippen molar-refractivity contribution in [1.82, 2.24) is 0 Å². The molecule has 0 radical (unpaired) electrons. The Morgan fingerprint density at radius 1 is 0.897 bits per heavy atom. The maximum atomic E-state index is 12.7. The van der Waals surface area contributed by atoms with E-state index in [4.69, 9.17) is 24.7 Å². The molecule has 0 saturated heterocycles. The quantitative estimate of drug-likeness (QED) is 0.195. The maximum Gasteiger partial charge on any atom is 0.508 e. The van der Waals surface area contributed by atoms with Gasteiger partial charge in [0.05, 0.1) is 17.4 Å². The summed E-state index contributed by atoms with van der Waals surface area (Å²) in [4.78, 5) is 49.5. The summed E-state index contributed by atoms with van der Waals surface area (Å²) >= 11 is 0. The Morgan fingerprint density at radius 3 is 1.92 bits per heavy atom. The van der Waals surface area contributed by atoms with Crippen LogP contribution in [0.2, 0.25) is 0 Å². The van der Waals surface area contributed by atoms with Gasteiger partial charge < -0.3 is 29.8 Å². The standard InChI is InChI=1S/C29H45NO9/c1-10-11-12-15-36-27(35)37-18(3)17(2)22(23(30)24(31)32)19-13-14-20(38-25(33)28(4,5)6)21(16-19)39-26(34)29(7,8)9/h13-14,16-18,22-23H,10-12,15,30H2,1-9H3,(H,31,32)/t17?,18?,22?,23-/m0/s1. The molecule has 1 aromatic carbocycles. The molecule has 0 heterocycles. The second-order valence-corrected chi connectivity index (χ2v) is 11.9. The van der Waals surface area contributed by atoms with Crippen LogP contribution < -0.4 is 15.2 Å². The van der Waals surface area contributed by atoms with E-state index in [0.717, 1.165) is 12.8 Å². The predicted octanol–water partition coefficient (Wildman–Crippen LogP) is 5.45. The number of esters is 2. The minimum atomic E-state index is -1.39. The number of unbranched alkanes of at least 4 members (excludes halogenated alkanes) is 2. The molecule has 3 N–H and O–H groups in total. The molecule has 0 fully saturated rings. The summed E-state index contributed by atoms with van der Waals surface area (Å²) in [5.74, 6) is -3.90. The van der Waals surface area contributed by atoms with Crippen molar-refractivity contribution in [3.8, 4) is 11.5 Å². The van der Waals surface area contributed by atoms with Crippen LogP contribution in [0.15, 0.2) is 18.2 Å². The molecule has 0 saturated carbocycles. The lowest BCUT2D eigenvalue weighted by Crippen LogP contribution is -2.42. The van der Waals surface area contributed by atoms with E-state index < -0.39 is 58.9 Å². The molecular weight excluding hydrogens is 506 g/mol. The van der Waals surface area contributed by atoms with Crippen LogP contribution in [0.1, 0.15) is 93.1 Å². The third-order valence-corrected chi connectivity index (χ3v) is 6.21. The van der Waals surface area contributed by atoms with Gasteiger partial charge in [0.1, 0.15) is 12.1 Å². The Bertz CT molecular complexity index is 1010. The summed E-state index contributed by atoms with van der Waals surface area (Å²) in [6.45, 7) is 15.7. The van der Waals surface area contributed by atoms with Gasteiger partial charge in [0.2, 0.25) is 0 Å². The fourth-order valence-corrected chi connectivity index (χ4v) is 3.49. The number of carbonyl (C=O) groups excluding carboxylic acids is 3. The van der Waals surface area contributed by atoms with Gasteiger partial charge in [0.15, 0.2) is 11.5 Å². The number of hydrogen-bond acceptors (Lipinski definition) is 9. The topological polar surface area (TPSA) is 151 Å². The van der Waals surface area contributed by atoms with Crippen LogP contribution in [-0.2, 0) is 23.9 Å². The number of carboxylic acids is 1. The first-order valence-corrected chi connectivity index (χ1v) is 13.3. The number of rotatable bonds is 12. The predicted molar refractivity (Wildman–Crippen MR) is 146 cm³/mol. The molecule has 10 nitrogen and oxygen atoms in total. The summed E-state index contributed by atoms with van der Waals surface area (Å²) < 4.78 is 21.7. The van der Waals surface area contributed by atoms with E-state index >= 15 is 0 Å². The third-order valence-electron chi connectivity index (χ3n) is 6.21. The molecule has 0 bridgehead atoms. The zero-order valence-electron chi connectivity index (χ0n) is 24.7. The van der Waals surface area contributed by atoms with E-state index in [-0.39, 0.29) is 18.1 Å². The van der Waals surface area contributed by atoms with Crippen molar-refractivity contribution < 1.29 is 43.2 Å². The monoisotopic (exact) mass is 551 g/mol.